The Balaban J connectivity index is 1.85. The molecule has 2 aromatic carbocycles. The van der Waals surface area contributed by atoms with Gasteiger partial charge in [-0.25, -0.2) is 4.79 Å². The second kappa shape index (κ2) is 5.68. The summed E-state index contributed by atoms with van der Waals surface area (Å²) in [5.74, 6) is -0.369. The van der Waals surface area contributed by atoms with E-state index in [2.05, 4.69) is 15.0 Å². The van der Waals surface area contributed by atoms with Crippen LogP contribution in [0, 0.1) is 10.1 Å². The van der Waals surface area contributed by atoms with E-state index in [4.69, 9.17) is 4.74 Å². The van der Waals surface area contributed by atoms with Gasteiger partial charge in [0.15, 0.2) is 0 Å². The molecule has 1 unspecified atom stereocenters. The van der Waals surface area contributed by atoms with Gasteiger partial charge in [0, 0.05) is 28.7 Å². The zero-order valence-electron chi connectivity index (χ0n) is 14.2. The SMILES string of the molecule is O=c1[nH]c2c(c(=O)[nH]1)C(c1c[nH]c3ccccc13)c1ccc([N+](=O)[O-])cc1O2. The molecule has 3 N–H and O–H groups in total. The van der Waals surface area contributed by atoms with Crippen LogP contribution in [0.4, 0.5) is 5.69 Å². The molecule has 0 bridgehead atoms. The standard InChI is InChI=1S/C19H12N4O5/c24-17-16-15(12-8-20-13-4-2-1-3-10(12)13)11-6-5-9(23(26)27)7-14(11)28-18(16)22-19(25)21-17/h1-8,15,20H,(H2,21,22,24,25). The first kappa shape index (κ1) is 16.1. The van der Waals surface area contributed by atoms with Gasteiger partial charge in [0.1, 0.15) is 5.75 Å². The zero-order valence-corrected chi connectivity index (χ0v) is 14.2. The molecule has 0 amide bonds. The Kier molecular flexibility index (Phi) is 3.26. The molecule has 0 saturated carbocycles. The van der Waals surface area contributed by atoms with Crippen LogP contribution in [0.25, 0.3) is 10.9 Å². The average molecular weight is 376 g/mol. The highest BCUT2D eigenvalue weighted by Gasteiger charge is 2.34. The number of nitrogens with one attached hydrogen (secondary N) is 3. The van der Waals surface area contributed by atoms with E-state index in [1.807, 2.05) is 24.3 Å². The lowest BCUT2D eigenvalue weighted by Gasteiger charge is -2.26. The van der Waals surface area contributed by atoms with E-state index in [0.29, 0.717) is 5.56 Å². The molecule has 9 nitrogen and oxygen atoms in total. The monoisotopic (exact) mass is 376 g/mol. The summed E-state index contributed by atoms with van der Waals surface area (Å²) in [6, 6.07) is 11.8. The Hall–Kier alpha value is -4.14. The normalized spacial score (nSPS) is 14.9. The minimum Gasteiger partial charge on any atom is -0.440 e. The molecule has 1 atom stereocenters. The number of benzene rings is 2. The van der Waals surface area contributed by atoms with Crippen molar-refractivity contribution in [2.24, 2.45) is 0 Å². The van der Waals surface area contributed by atoms with Crippen molar-refractivity contribution in [1.82, 2.24) is 15.0 Å². The molecule has 3 heterocycles. The Morgan fingerprint density at radius 2 is 1.86 bits per heavy atom. The van der Waals surface area contributed by atoms with Crippen molar-refractivity contribution in [1.29, 1.82) is 0 Å². The lowest BCUT2D eigenvalue weighted by Crippen LogP contribution is -2.30. The molecule has 0 aliphatic carbocycles. The van der Waals surface area contributed by atoms with Crippen molar-refractivity contribution in [3.05, 3.63) is 96.3 Å². The third-order valence-electron chi connectivity index (χ3n) is 4.90. The lowest BCUT2D eigenvalue weighted by molar-refractivity contribution is -0.384. The first-order chi connectivity index (χ1) is 13.5. The third kappa shape index (κ3) is 2.26. The molecule has 138 valence electrons. The maximum atomic E-state index is 12.6. The number of non-ortho nitro benzene ring substituents is 1. The number of fused-ring (bicyclic) bond motifs is 3. The minimum absolute atomic E-state index is 0.0166. The Morgan fingerprint density at radius 3 is 2.68 bits per heavy atom. The largest absolute Gasteiger partial charge is 0.440 e. The smallest absolute Gasteiger partial charge is 0.328 e. The number of nitro groups is 1. The molecule has 28 heavy (non-hydrogen) atoms. The molecule has 0 fully saturated rings. The molecular formula is C19H12N4O5. The Morgan fingerprint density at radius 1 is 1.04 bits per heavy atom. The van der Waals surface area contributed by atoms with E-state index in [1.54, 1.807) is 12.3 Å². The van der Waals surface area contributed by atoms with E-state index in [-0.39, 0.29) is 22.9 Å². The van der Waals surface area contributed by atoms with Crippen molar-refractivity contribution >= 4 is 16.6 Å². The summed E-state index contributed by atoms with van der Waals surface area (Å²) in [4.78, 5) is 42.9. The quantitative estimate of drug-likeness (QED) is 0.322. The molecule has 1 aliphatic rings. The molecule has 0 spiro atoms. The van der Waals surface area contributed by atoms with Crippen LogP contribution in [-0.4, -0.2) is 19.9 Å². The van der Waals surface area contributed by atoms with E-state index in [1.165, 1.54) is 12.1 Å². The van der Waals surface area contributed by atoms with Crippen LogP contribution in [-0.2, 0) is 0 Å². The lowest BCUT2D eigenvalue weighted by atomic mass is 9.84. The maximum Gasteiger partial charge on any atom is 0.328 e. The highest BCUT2D eigenvalue weighted by molar-refractivity contribution is 5.85. The number of para-hydroxylation sites is 1. The first-order valence-corrected chi connectivity index (χ1v) is 8.41. The maximum absolute atomic E-state index is 12.6. The Labute approximate surface area is 155 Å². The van der Waals surface area contributed by atoms with Gasteiger partial charge < -0.3 is 9.72 Å². The fraction of sp³-hybridized carbons (Fsp3) is 0.0526. The molecule has 2 aromatic heterocycles. The fourth-order valence-electron chi connectivity index (χ4n) is 3.70. The number of H-pyrrole nitrogens is 3. The van der Waals surface area contributed by atoms with E-state index >= 15 is 0 Å². The molecule has 5 rings (SSSR count). The summed E-state index contributed by atoms with van der Waals surface area (Å²) in [6.07, 6.45) is 1.79. The van der Waals surface area contributed by atoms with Gasteiger partial charge >= 0.3 is 5.69 Å². The second-order valence-electron chi connectivity index (χ2n) is 6.45. The van der Waals surface area contributed by atoms with Gasteiger partial charge in [0.05, 0.1) is 22.5 Å². The van der Waals surface area contributed by atoms with Crippen LogP contribution < -0.4 is 16.0 Å². The summed E-state index contributed by atoms with van der Waals surface area (Å²) in [7, 11) is 0. The van der Waals surface area contributed by atoms with Crippen LogP contribution in [0.5, 0.6) is 11.6 Å². The van der Waals surface area contributed by atoms with E-state index < -0.39 is 22.1 Å². The van der Waals surface area contributed by atoms with Gasteiger partial charge in [0.25, 0.3) is 11.2 Å². The predicted molar refractivity (Wildman–Crippen MR) is 100 cm³/mol. The van der Waals surface area contributed by atoms with Gasteiger partial charge in [-0.3, -0.25) is 24.9 Å². The number of aromatic nitrogens is 3. The van der Waals surface area contributed by atoms with Crippen molar-refractivity contribution in [3.63, 3.8) is 0 Å². The molecule has 9 heteroatoms. The van der Waals surface area contributed by atoms with Crippen LogP contribution in [0.15, 0.2) is 58.3 Å². The zero-order chi connectivity index (χ0) is 19.4. The summed E-state index contributed by atoms with van der Waals surface area (Å²) in [5.41, 5.74) is 1.09. The van der Waals surface area contributed by atoms with Gasteiger partial charge in [-0.05, 0) is 17.7 Å². The van der Waals surface area contributed by atoms with Gasteiger partial charge in [-0.1, -0.05) is 18.2 Å². The number of nitrogens with zero attached hydrogens (tertiary/aromatic N) is 1. The number of aromatic amines is 3. The highest BCUT2D eigenvalue weighted by atomic mass is 16.6. The molecule has 0 radical (unpaired) electrons. The molecule has 0 saturated heterocycles. The van der Waals surface area contributed by atoms with Crippen molar-refractivity contribution in [2.45, 2.75) is 5.92 Å². The topological polar surface area (TPSA) is 134 Å². The molecular weight excluding hydrogens is 364 g/mol. The van der Waals surface area contributed by atoms with Gasteiger partial charge in [0.2, 0.25) is 5.88 Å². The summed E-state index contributed by atoms with van der Waals surface area (Å²) >= 11 is 0. The number of hydrogen-bond donors (Lipinski definition) is 3. The van der Waals surface area contributed by atoms with Gasteiger partial charge in [-0.15, -0.1) is 0 Å². The van der Waals surface area contributed by atoms with Crippen LogP contribution >= 0.6 is 0 Å². The summed E-state index contributed by atoms with van der Waals surface area (Å²) in [5, 5.41) is 12.1. The van der Waals surface area contributed by atoms with Gasteiger partial charge in [-0.2, -0.15) is 0 Å². The number of nitro benzene ring substituents is 1. The number of rotatable bonds is 2. The number of hydrogen-bond acceptors (Lipinski definition) is 5. The van der Waals surface area contributed by atoms with Crippen molar-refractivity contribution in [2.75, 3.05) is 0 Å². The minimum atomic E-state index is -0.713. The van der Waals surface area contributed by atoms with Crippen LogP contribution in [0.3, 0.4) is 0 Å². The molecule has 1 aliphatic heterocycles. The van der Waals surface area contributed by atoms with E-state index in [9.17, 15) is 19.7 Å². The summed E-state index contributed by atoms with van der Waals surface area (Å²) in [6.45, 7) is 0. The average Bonchev–Trinajstić information content (AvgIpc) is 3.09. The van der Waals surface area contributed by atoms with Crippen LogP contribution in [0.2, 0.25) is 0 Å². The fourth-order valence-corrected chi connectivity index (χ4v) is 3.70. The summed E-state index contributed by atoms with van der Waals surface area (Å²) < 4.78 is 5.68. The molecule has 4 aromatic rings. The predicted octanol–water partition coefficient (Wildman–Crippen LogP) is 2.74. The van der Waals surface area contributed by atoms with E-state index in [0.717, 1.165) is 16.5 Å². The van der Waals surface area contributed by atoms with Crippen molar-refractivity contribution in [3.8, 4) is 11.6 Å². The van der Waals surface area contributed by atoms with Crippen LogP contribution in [0.1, 0.15) is 22.6 Å². The highest BCUT2D eigenvalue weighted by Crippen LogP contribution is 2.47. The number of ether oxygens (including phenoxy) is 1. The third-order valence-corrected chi connectivity index (χ3v) is 4.90. The van der Waals surface area contributed by atoms with Crippen molar-refractivity contribution < 1.29 is 9.66 Å². The second-order valence-corrected chi connectivity index (χ2v) is 6.45. The first-order valence-electron chi connectivity index (χ1n) is 8.41. The Bertz CT molecular complexity index is 1380.